The van der Waals surface area contributed by atoms with Crippen LogP contribution in [0.15, 0.2) is 67.0 Å². The summed E-state index contributed by atoms with van der Waals surface area (Å²) in [5, 5.41) is 6.30. The van der Waals surface area contributed by atoms with E-state index in [9.17, 15) is 4.79 Å². The third-order valence-electron chi connectivity index (χ3n) is 5.69. The zero-order chi connectivity index (χ0) is 20.1. The first kappa shape index (κ1) is 19.9. The summed E-state index contributed by atoms with van der Waals surface area (Å²) in [6, 6.07) is 18.9. The van der Waals surface area contributed by atoms with Gasteiger partial charge in [0.05, 0.1) is 6.42 Å². The Balaban J connectivity index is 1.50. The number of nitrogens with zero attached hydrogens (tertiary/aromatic N) is 2. The van der Waals surface area contributed by atoms with Crippen molar-refractivity contribution in [3.63, 3.8) is 0 Å². The standard InChI is InChI=1S/C24H27N3OS/c28-24(15-18-5-4-12-25-16-18)27(17-22-23(29)10-13-26-22)14-11-20-8-3-7-19-6-1-2-9-21(19)20/h1-9,12,16,22-23,26,29H,10-11,13-15,17H2/t22-,23-/m0/s1. The van der Waals surface area contributed by atoms with E-state index in [4.69, 9.17) is 12.6 Å². The molecular weight excluding hydrogens is 378 g/mol. The van der Waals surface area contributed by atoms with Crippen LogP contribution in [0.4, 0.5) is 0 Å². The predicted octanol–water partition coefficient (Wildman–Crippen LogP) is 3.51. The smallest absolute Gasteiger partial charge is 0.227 e. The average molecular weight is 406 g/mol. The Kier molecular flexibility index (Phi) is 6.47. The number of aromatic nitrogens is 1. The van der Waals surface area contributed by atoms with Crippen molar-refractivity contribution in [1.82, 2.24) is 15.2 Å². The van der Waals surface area contributed by atoms with Crippen LogP contribution in [0.2, 0.25) is 0 Å². The molecule has 5 heteroatoms. The lowest BCUT2D eigenvalue weighted by molar-refractivity contribution is -0.130. The van der Waals surface area contributed by atoms with Gasteiger partial charge in [-0.05, 0) is 47.4 Å². The maximum atomic E-state index is 13.1. The number of nitrogens with one attached hydrogen (secondary N) is 1. The maximum absolute atomic E-state index is 13.1. The van der Waals surface area contributed by atoms with Crippen LogP contribution in [0, 0.1) is 0 Å². The Labute approximate surface area is 177 Å². The highest BCUT2D eigenvalue weighted by Gasteiger charge is 2.27. The third kappa shape index (κ3) is 4.98. The molecule has 4 nitrogen and oxygen atoms in total. The lowest BCUT2D eigenvalue weighted by Gasteiger charge is -2.28. The molecule has 1 N–H and O–H groups in total. The van der Waals surface area contributed by atoms with Gasteiger partial charge < -0.3 is 10.2 Å². The van der Waals surface area contributed by atoms with Crippen molar-refractivity contribution in [1.29, 1.82) is 0 Å². The van der Waals surface area contributed by atoms with E-state index in [0.717, 1.165) is 24.9 Å². The topological polar surface area (TPSA) is 45.2 Å². The summed E-state index contributed by atoms with van der Waals surface area (Å²) < 4.78 is 0. The number of hydrogen-bond donors (Lipinski definition) is 2. The second-order valence-corrected chi connectivity index (χ2v) is 8.35. The Bertz CT molecular complexity index is 957. The van der Waals surface area contributed by atoms with Crippen molar-refractivity contribution < 1.29 is 4.79 Å². The van der Waals surface area contributed by atoms with Gasteiger partial charge in [0.1, 0.15) is 0 Å². The van der Waals surface area contributed by atoms with E-state index < -0.39 is 0 Å². The van der Waals surface area contributed by atoms with Gasteiger partial charge in [0, 0.05) is 36.8 Å². The van der Waals surface area contributed by atoms with Crippen LogP contribution in [0.1, 0.15) is 17.5 Å². The summed E-state index contributed by atoms with van der Waals surface area (Å²) >= 11 is 4.71. The predicted molar refractivity (Wildman–Crippen MR) is 121 cm³/mol. The number of carbonyl (C=O) groups excluding carboxylic acids is 1. The van der Waals surface area contributed by atoms with Crippen molar-refractivity contribution in [2.75, 3.05) is 19.6 Å². The quantitative estimate of drug-likeness (QED) is 0.592. The first-order valence-corrected chi connectivity index (χ1v) is 10.8. The van der Waals surface area contributed by atoms with Gasteiger partial charge in [-0.15, -0.1) is 0 Å². The van der Waals surface area contributed by atoms with Crippen LogP contribution in [0.5, 0.6) is 0 Å². The molecule has 4 rings (SSSR count). The SMILES string of the molecule is O=C(Cc1cccnc1)N(CCc1cccc2ccccc12)C[C@@H]1NCC[C@@H]1S. The average Bonchev–Trinajstić information content (AvgIpc) is 3.16. The van der Waals surface area contributed by atoms with Crippen LogP contribution in [-0.4, -0.2) is 46.7 Å². The first-order valence-electron chi connectivity index (χ1n) is 10.3. The molecular formula is C24H27N3OS. The molecule has 0 saturated carbocycles. The molecule has 1 amide bonds. The van der Waals surface area contributed by atoms with Gasteiger partial charge in [-0.2, -0.15) is 12.6 Å². The molecule has 0 bridgehead atoms. The summed E-state index contributed by atoms with van der Waals surface area (Å²) in [5.41, 5.74) is 2.23. The highest BCUT2D eigenvalue weighted by molar-refractivity contribution is 7.81. The van der Waals surface area contributed by atoms with E-state index in [1.54, 1.807) is 12.4 Å². The van der Waals surface area contributed by atoms with Crippen molar-refractivity contribution in [2.45, 2.75) is 30.6 Å². The first-order chi connectivity index (χ1) is 14.2. The van der Waals surface area contributed by atoms with Gasteiger partial charge >= 0.3 is 0 Å². The van der Waals surface area contributed by atoms with E-state index in [-0.39, 0.29) is 11.9 Å². The molecule has 1 aliphatic rings. The zero-order valence-electron chi connectivity index (χ0n) is 16.5. The zero-order valence-corrected chi connectivity index (χ0v) is 17.4. The number of hydrogen-bond acceptors (Lipinski definition) is 4. The Morgan fingerprint density at radius 3 is 2.79 bits per heavy atom. The summed E-state index contributed by atoms with van der Waals surface area (Å²) in [7, 11) is 0. The van der Waals surface area contributed by atoms with Gasteiger partial charge in [-0.1, -0.05) is 48.5 Å². The second-order valence-electron chi connectivity index (χ2n) is 7.68. The number of benzene rings is 2. The Hall–Kier alpha value is -2.37. The van der Waals surface area contributed by atoms with Crippen molar-refractivity contribution in [3.05, 3.63) is 78.1 Å². The normalized spacial score (nSPS) is 18.8. The monoisotopic (exact) mass is 405 g/mol. The molecule has 2 heterocycles. The van der Waals surface area contributed by atoms with Gasteiger partial charge in [-0.25, -0.2) is 0 Å². The Morgan fingerprint density at radius 2 is 2.00 bits per heavy atom. The van der Waals surface area contributed by atoms with Crippen LogP contribution < -0.4 is 5.32 Å². The van der Waals surface area contributed by atoms with Crippen molar-refractivity contribution in [3.8, 4) is 0 Å². The minimum absolute atomic E-state index is 0.146. The molecule has 0 aliphatic carbocycles. The number of pyridine rings is 1. The molecule has 0 unspecified atom stereocenters. The number of rotatable bonds is 7. The minimum atomic E-state index is 0.146. The van der Waals surface area contributed by atoms with E-state index in [1.165, 1.54) is 16.3 Å². The van der Waals surface area contributed by atoms with Crippen molar-refractivity contribution in [2.24, 2.45) is 0 Å². The number of fused-ring (bicyclic) bond motifs is 1. The number of thiol groups is 1. The van der Waals surface area contributed by atoms with E-state index in [2.05, 4.69) is 52.8 Å². The lowest BCUT2D eigenvalue weighted by Crippen LogP contribution is -2.45. The highest BCUT2D eigenvalue weighted by atomic mass is 32.1. The molecule has 2 atom stereocenters. The number of carbonyl (C=O) groups is 1. The molecule has 1 fully saturated rings. The molecule has 1 saturated heterocycles. The Morgan fingerprint density at radius 1 is 1.14 bits per heavy atom. The van der Waals surface area contributed by atoms with E-state index in [0.29, 0.717) is 24.8 Å². The lowest BCUT2D eigenvalue weighted by atomic mass is 10.0. The highest BCUT2D eigenvalue weighted by Crippen LogP contribution is 2.20. The summed E-state index contributed by atoms with van der Waals surface area (Å²) in [6.45, 7) is 2.36. The van der Waals surface area contributed by atoms with Crippen LogP contribution >= 0.6 is 12.6 Å². The minimum Gasteiger partial charge on any atom is -0.340 e. The fourth-order valence-corrected chi connectivity index (χ4v) is 4.38. The van der Waals surface area contributed by atoms with Gasteiger partial charge in [0.15, 0.2) is 0 Å². The van der Waals surface area contributed by atoms with E-state index >= 15 is 0 Å². The summed E-state index contributed by atoms with van der Waals surface area (Å²) in [4.78, 5) is 19.3. The van der Waals surface area contributed by atoms with Gasteiger partial charge in [0.25, 0.3) is 0 Å². The van der Waals surface area contributed by atoms with E-state index in [1.807, 2.05) is 17.0 Å². The third-order valence-corrected chi connectivity index (χ3v) is 6.31. The maximum Gasteiger partial charge on any atom is 0.227 e. The largest absolute Gasteiger partial charge is 0.340 e. The molecule has 1 aromatic heterocycles. The molecule has 2 aromatic carbocycles. The molecule has 0 radical (unpaired) electrons. The van der Waals surface area contributed by atoms with Crippen LogP contribution in [-0.2, 0) is 17.6 Å². The van der Waals surface area contributed by atoms with Crippen LogP contribution in [0.3, 0.4) is 0 Å². The second kappa shape index (κ2) is 9.42. The van der Waals surface area contributed by atoms with Gasteiger partial charge in [0.2, 0.25) is 5.91 Å². The summed E-state index contributed by atoms with van der Waals surface area (Å²) in [6.07, 6.45) is 5.77. The molecule has 0 spiro atoms. The molecule has 1 aliphatic heterocycles. The van der Waals surface area contributed by atoms with Crippen LogP contribution in [0.25, 0.3) is 10.8 Å². The molecule has 150 valence electrons. The molecule has 29 heavy (non-hydrogen) atoms. The fourth-order valence-electron chi connectivity index (χ4n) is 4.05. The summed E-state index contributed by atoms with van der Waals surface area (Å²) in [5.74, 6) is 0.146. The number of amides is 1. The fraction of sp³-hybridized carbons (Fsp3) is 0.333. The van der Waals surface area contributed by atoms with Crippen molar-refractivity contribution >= 4 is 29.3 Å². The molecule has 3 aromatic rings. The van der Waals surface area contributed by atoms with Gasteiger partial charge in [-0.3, -0.25) is 9.78 Å².